The maximum absolute atomic E-state index is 13.1. The first-order valence-corrected chi connectivity index (χ1v) is 13.6. The molecule has 1 fully saturated rings. The van der Waals surface area contributed by atoms with Crippen molar-refractivity contribution in [1.82, 2.24) is 20.9 Å². The number of carbonyl (C=O) groups is 2. The van der Waals surface area contributed by atoms with E-state index in [4.69, 9.17) is 9.47 Å². The summed E-state index contributed by atoms with van der Waals surface area (Å²) in [6.07, 6.45) is 3.65. The van der Waals surface area contributed by atoms with Crippen molar-refractivity contribution in [3.8, 4) is 11.9 Å². The monoisotopic (exact) mass is 548 g/mol. The second kappa shape index (κ2) is 14.2. The highest BCUT2D eigenvalue weighted by Gasteiger charge is 2.37. The van der Waals surface area contributed by atoms with Gasteiger partial charge in [-0.25, -0.2) is 4.79 Å². The fraction of sp³-hybridized carbons (Fsp3) is 0.467. The van der Waals surface area contributed by atoms with Crippen LogP contribution in [-0.4, -0.2) is 68.3 Å². The first-order valence-electron chi connectivity index (χ1n) is 13.6. The van der Waals surface area contributed by atoms with Crippen molar-refractivity contribution in [3.63, 3.8) is 0 Å². The Bertz CT molecular complexity index is 1190. The summed E-state index contributed by atoms with van der Waals surface area (Å²) < 4.78 is 10.6. The van der Waals surface area contributed by atoms with Gasteiger partial charge in [-0.1, -0.05) is 42.5 Å². The van der Waals surface area contributed by atoms with Gasteiger partial charge in [0.15, 0.2) is 6.19 Å². The highest BCUT2D eigenvalue weighted by molar-refractivity contribution is 5.97. The molecule has 0 atom stereocenters. The third-order valence-corrected chi connectivity index (χ3v) is 6.78. The quantitative estimate of drug-likeness (QED) is 0.143. The Hall–Kier alpha value is -4.26. The fourth-order valence-electron chi connectivity index (χ4n) is 4.72. The van der Waals surface area contributed by atoms with Crippen LogP contribution in [0.3, 0.4) is 0 Å². The minimum atomic E-state index is -0.549. The minimum absolute atomic E-state index is 0.177. The first kappa shape index (κ1) is 30.3. The third-order valence-electron chi connectivity index (χ3n) is 6.78. The predicted octanol–water partition coefficient (Wildman–Crippen LogP) is 3.80. The van der Waals surface area contributed by atoms with Gasteiger partial charge in [-0.2, -0.15) is 5.26 Å². The second-order valence-corrected chi connectivity index (χ2v) is 10.7. The lowest BCUT2D eigenvalue weighted by atomic mass is 9.72. The average molecular weight is 549 g/mol. The number of methoxy groups -OCH3 is 1. The highest BCUT2D eigenvalue weighted by atomic mass is 16.6. The Morgan fingerprint density at radius 3 is 2.38 bits per heavy atom. The van der Waals surface area contributed by atoms with Gasteiger partial charge in [0.1, 0.15) is 11.4 Å². The molecule has 3 rings (SSSR count). The van der Waals surface area contributed by atoms with Crippen molar-refractivity contribution in [1.29, 1.82) is 5.26 Å². The van der Waals surface area contributed by atoms with E-state index in [-0.39, 0.29) is 11.3 Å². The van der Waals surface area contributed by atoms with Crippen molar-refractivity contribution >= 4 is 18.0 Å². The Labute approximate surface area is 236 Å². The maximum Gasteiger partial charge on any atom is 0.407 e. The van der Waals surface area contributed by atoms with E-state index < -0.39 is 11.7 Å². The number of hydrogen-bond acceptors (Lipinski definition) is 6. The maximum atomic E-state index is 13.1. The van der Waals surface area contributed by atoms with E-state index in [1.165, 1.54) is 0 Å². The van der Waals surface area contributed by atoms with Crippen molar-refractivity contribution in [2.75, 3.05) is 39.8 Å². The number of nitrogens with one attached hydrogen (secondary N) is 3. The molecule has 0 aromatic heterocycles. The largest absolute Gasteiger partial charge is 0.496 e. The number of piperidine rings is 1. The summed E-state index contributed by atoms with van der Waals surface area (Å²) in [6, 6.07) is 17.4. The smallest absolute Gasteiger partial charge is 0.407 e. The van der Waals surface area contributed by atoms with Crippen molar-refractivity contribution in [2.45, 2.75) is 51.0 Å². The Balaban J connectivity index is 1.63. The molecular weight excluding hydrogens is 508 g/mol. The Kier molecular flexibility index (Phi) is 10.8. The molecule has 3 N–H and O–H groups in total. The van der Waals surface area contributed by atoms with E-state index in [1.54, 1.807) is 19.2 Å². The molecule has 0 spiro atoms. The van der Waals surface area contributed by atoms with E-state index >= 15 is 0 Å². The standard InChI is InChI=1S/C30H40N6O4/c1-29(2,3)40-28(38)33-18-10-17-32-27(35-22-31)36-19-15-30(16-20-36,23-11-6-5-7-12-23)21-34-26(37)24-13-8-9-14-25(24)39-4/h5-9,11-14H,10,15-21H2,1-4H3,(H,32,35)(H,33,38)(H,34,37). The molecule has 1 aliphatic rings. The molecule has 1 heterocycles. The number of hydrogen-bond donors (Lipinski definition) is 3. The summed E-state index contributed by atoms with van der Waals surface area (Å²) >= 11 is 0. The number of guanidine groups is 1. The van der Waals surface area contributed by atoms with Gasteiger partial charge in [-0.15, -0.1) is 0 Å². The molecule has 10 heteroatoms. The molecule has 2 aromatic carbocycles. The predicted molar refractivity (Wildman–Crippen MR) is 154 cm³/mol. The Morgan fingerprint density at radius 1 is 1.05 bits per heavy atom. The van der Waals surface area contributed by atoms with Gasteiger partial charge in [0.05, 0.1) is 12.7 Å². The SMILES string of the molecule is COc1ccccc1C(=O)NCC1(c2ccccc2)CCN(C(=NCCCNC(=O)OC(C)(C)C)NC#N)CC1. The molecule has 0 bridgehead atoms. The van der Waals surface area contributed by atoms with Gasteiger partial charge >= 0.3 is 6.09 Å². The normalized spacial score (nSPS) is 15.0. The molecule has 0 aliphatic carbocycles. The number of likely N-dealkylation sites (tertiary alicyclic amines) is 1. The topological polar surface area (TPSA) is 128 Å². The zero-order chi connectivity index (χ0) is 29.0. The van der Waals surface area contributed by atoms with Crippen LogP contribution in [0.25, 0.3) is 0 Å². The number of rotatable bonds is 9. The zero-order valence-corrected chi connectivity index (χ0v) is 23.8. The number of nitrogens with zero attached hydrogens (tertiary/aromatic N) is 3. The van der Waals surface area contributed by atoms with Crippen LogP contribution in [0.15, 0.2) is 59.6 Å². The van der Waals surface area contributed by atoms with Crippen LogP contribution in [0, 0.1) is 11.5 Å². The van der Waals surface area contributed by atoms with Crippen molar-refractivity contribution < 1.29 is 19.1 Å². The number of nitriles is 1. The molecule has 1 saturated heterocycles. The van der Waals surface area contributed by atoms with Crippen LogP contribution >= 0.6 is 0 Å². The first-order chi connectivity index (χ1) is 19.2. The van der Waals surface area contributed by atoms with E-state index in [0.717, 1.165) is 18.4 Å². The average Bonchev–Trinajstić information content (AvgIpc) is 2.95. The molecule has 0 saturated carbocycles. The molecule has 2 amide bonds. The lowest BCUT2D eigenvalue weighted by Gasteiger charge is -2.43. The number of amides is 2. The summed E-state index contributed by atoms with van der Waals surface area (Å²) in [6.45, 7) is 8.08. The van der Waals surface area contributed by atoms with E-state index in [1.807, 2.05) is 57.3 Å². The van der Waals surface area contributed by atoms with Gasteiger partial charge in [-0.3, -0.25) is 15.1 Å². The van der Waals surface area contributed by atoms with Gasteiger partial charge in [0.2, 0.25) is 5.96 Å². The summed E-state index contributed by atoms with van der Waals surface area (Å²) in [5.74, 6) is 0.872. The molecule has 214 valence electrons. The summed E-state index contributed by atoms with van der Waals surface area (Å²) in [7, 11) is 1.55. The van der Waals surface area contributed by atoms with Gasteiger partial charge in [0.25, 0.3) is 5.91 Å². The number of aliphatic imine (C=N–C) groups is 1. The second-order valence-electron chi connectivity index (χ2n) is 10.7. The fourth-order valence-corrected chi connectivity index (χ4v) is 4.72. The zero-order valence-electron chi connectivity index (χ0n) is 23.8. The van der Waals surface area contributed by atoms with Crippen LogP contribution in [0.5, 0.6) is 5.75 Å². The van der Waals surface area contributed by atoms with E-state index in [9.17, 15) is 14.9 Å². The number of ether oxygens (including phenoxy) is 2. The van der Waals surface area contributed by atoms with Crippen LogP contribution < -0.4 is 20.7 Å². The van der Waals surface area contributed by atoms with Crippen LogP contribution in [0.4, 0.5) is 4.79 Å². The van der Waals surface area contributed by atoms with Gasteiger partial charge in [0, 0.05) is 38.1 Å². The number of benzene rings is 2. The minimum Gasteiger partial charge on any atom is -0.496 e. The number of carbonyl (C=O) groups excluding carboxylic acids is 2. The third kappa shape index (κ3) is 8.63. The van der Waals surface area contributed by atoms with E-state index in [2.05, 4.69) is 38.0 Å². The van der Waals surface area contributed by atoms with Crippen molar-refractivity contribution in [3.05, 3.63) is 65.7 Å². The molecule has 1 aliphatic heterocycles. The number of alkyl carbamates (subject to hydrolysis) is 1. The molecule has 2 aromatic rings. The Morgan fingerprint density at radius 2 is 1.73 bits per heavy atom. The van der Waals surface area contributed by atoms with Crippen molar-refractivity contribution in [2.24, 2.45) is 4.99 Å². The van der Waals surface area contributed by atoms with Gasteiger partial charge in [-0.05, 0) is 57.7 Å². The molecule has 10 nitrogen and oxygen atoms in total. The molecule has 0 radical (unpaired) electrons. The van der Waals surface area contributed by atoms with Crippen LogP contribution in [-0.2, 0) is 10.2 Å². The highest BCUT2D eigenvalue weighted by Crippen LogP contribution is 2.35. The van der Waals surface area contributed by atoms with Crippen LogP contribution in [0.1, 0.15) is 56.0 Å². The lowest BCUT2D eigenvalue weighted by Crippen LogP contribution is -2.52. The summed E-state index contributed by atoms with van der Waals surface area (Å²) in [5, 5.41) is 17.9. The molecular formula is C30H40N6O4. The van der Waals surface area contributed by atoms with Gasteiger partial charge < -0.3 is 25.0 Å². The van der Waals surface area contributed by atoms with E-state index in [0.29, 0.717) is 56.4 Å². The van der Waals surface area contributed by atoms with Crippen LogP contribution in [0.2, 0.25) is 0 Å². The molecule has 40 heavy (non-hydrogen) atoms. The number of para-hydroxylation sites is 1. The molecule has 0 unspecified atom stereocenters. The summed E-state index contributed by atoms with van der Waals surface area (Å²) in [5.41, 5.74) is 0.839. The lowest BCUT2D eigenvalue weighted by molar-refractivity contribution is 0.0527. The summed E-state index contributed by atoms with van der Waals surface area (Å²) in [4.78, 5) is 31.6.